The molecule has 3 aliphatic heterocycles. The Morgan fingerprint density at radius 3 is 2.60 bits per heavy atom. The molecule has 1 saturated heterocycles. The van der Waals surface area contributed by atoms with E-state index in [1.165, 1.54) is 48.1 Å². The summed E-state index contributed by atoms with van der Waals surface area (Å²) < 4.78 is 0. The van der Waals surface area contributed by atoms with Crippen LogP contribution in [0.5, 0.6) is 0 Å². The first-order valence-electron chi connectivity index (χ1n) is 9.46. The first kappa shape index (κ1) is 15.4. The molecule has 25 heavy (non-hydrogen) atoms. The van der Waals surface area contributed by atoms with Crippen LogP contribution < -0.4 is 9.80 Å². The van der Waals surface area contributed by atoms with E-state index in [0.29, 0.717) is 6.42 Å². The van der Waals surface area contributed by atoms with Crippen molar-refractivity contribution < 1.29 is 4.79 Å². The summed E-state index contributed by atoms with van der Waals surface area (Å²) in [6.07, 6.45) is 7.92. The average Bonchev–Trinajstić information content (AvgIpc) is 3.13. The van der Waals surface area contributed by atoms with Crippen molar-refractivity contribution in [2.75, 3.05) is 29.4 Å². The number of rotatable bonds is 2. The molecule has 3 aliphatic rings. The largest absolute Gasteiger partial charge is 0.348 e. The zero-order valence-corrected chi connectivity index (χ0v) is 15.3. The highest BCUT2D eigenvalue weighted by Crippen LogP contribution is 2.40. The van der Waals surface area contributed by atoms with Crippen LogP contribution in [-0.2, 0) is 17.6 Å². The van der Waals surface area contributed by atoms with Gasteiger partial charge in [0.25, 0.3) is 0 Å². The predicted octanol–water partition coefficient (Wildman–Crippen LogP) is 4.03. The fraction of sp³-hybridized carbons (Fsp3) is 0.500. The van der Waals surface area contributed by atoms with Crippen LogP contribution >= 0.6 is 11.3 Å². The van der Waals surface area contributed by atoms with E-state index >= 15 is 0 Å². The van der Waals surface area contributed by atoms with Crippen LogP contribution in [0, 0.1) is 0 Å². The first-order valence-corrected chi connectivity index (χ1v) is 10.3. The third kappa shape index (κ3) is 2.65. The fourth-order valence-corrected chi connectivity index (χ4v) is 5.32. The van der Waals surface area contributed by atoms with Gasteiger partial charge in [-0.2, -0.15) is 0 Å². The Balaban J connectivity index is 1.49. The summed E-state index contributed by atoms with van der Waals surface area (Å²) in [5.41, 5.74) is 5.97. The van der Waals surface area contributed by atoms with Gasteiger partial charge in [0.15, 0.2) is 5.13 Å². The minimum absolute atomic E-state index is 0.261. The third-order valence-electron chi connectivity index (χ3n) is 5.67. The molecule has 4 heterocycles. The molecule has 1 amide bonds. The number of thiazole rings is 1. The maximum Gasteiger partial charge on any atom is 0.231 e. The minimum Gasteiger partial charge on any atom is -0.348 e. The molecule has 5 heteroatoms. The van der Waals surface area contributed by atoms with Gasteiger partial charge in [-0.3, -0.25) is 4.79 Å². The number of nitrogens with zero attached hydrogens (tertiary/aromatic N) is 3. The first-order chi connectivity index (χ1) is 12.3. The van der Waals surface area contributed by atoms with Gasteiger partial charge in [-0.05, 0) is 48.9 Å². The lowest BCUT2D eigenvalue weighted by molar-refractivity contribution is -0.117. The van der Waals surface area contributed by atoms with Gasteiger partial charge in [-0.15, -0.1) is 11.3 Å². The van der Waals surface area contributed by atoms with Gasteiger partial charge in [-0.25, -0.2) is 4.98 Å². The van der Waals surface area contributed by atoms with E-state index in [0.717, 1.165) is 43.3 Å². The molecule has 0 bridgehead atoms. The lowest BCUT2D eigenvalue weighted by atomic mass is 9.96. The molecule has 0 radical (unpaired) electrons. The Kier molecular flexibility index (Phi) is 3.77. The van der Waals surface area contributed by atoms with Gasteiger partial charge in [0, 0.05) is 30.6 Å². The maximum atomic E-state index is 12.2. The summed E-state index contributed by atoms with van der Waals surface area (Å²) >= 11 is 1.76. The maximum absolute atomic E-state index is 12.2. The van der Waals surface area contributed by atoms with Crippen molar-refractivity contribution in [3.05, 3.63) is 28.6 Å². The topological polar surface area (TPSA) is 36.4 Å². The summed E-state index contributed by atoms with van der Waals surface area (Å²) in [6.45, 7) is 3.14. The van der Waals surface area contributed by atoms with Crippen LogP contribution in [0.3, 0.4) is 0 Å². The second kappa shape index (κ2) is 6.13. The van der Waals surface area contributed by atoms with E-state index in [4.69, 9.17) is 4.98 Å². The zero-order chi connectivity index (χ0) is 16.8. The molecule has 0 unspecified atom stereocenters. The van der Waals surface area contributed by atoms with Crippen molar-refractivity contribution in [1.82, 2.24) is 4.98 Å². The van der Waals surface area contributed by atoms with Gasteiger partial charge in [-0.1, -0.05) is 12.8 Å². The van der Waals surface area contributed by atoms with Crippen molar-refractivity contribution in [2.45, 2.75) is 44.9 Å². The van der Waals surface area contributed by atoms with E-state index in [2.05, 4.69) is 22.4 Å². The molecular formula is C20H23N3OS. The standard InChI is InChI=1S/C20H23N3OS/c24-18-12-16-11-15(10-14-6-5-9-23(18)19(14)16)17-13-25-20(21-17)22-7-3-1-2-4-8-22/h10-11,13H,1-9,12H2. The Morgan fingerprint density at radius 1 is 0.960 bits per heavy atom. The van der Waals surface area contributed by atoms with E-state index in [-0.39, 0.29) is 5.91 Å². The number of carbonyl (C=O) groups is 1. The van der Waals surface area contributed by atoms with Crippen LogP contribution in [0.1, 0.15) is 43.2 Å². The SMILES string of the molecule is O=C1Cc2cc(-c3csc(N4CCCCCC4)n3)cc3c2N1CCC3. The second-order valence-electron chi connectivity index (χ2n) is 7.39. The summed E-state index contributed by atoms with van der Waals surface area (Å²) in [7, 11) is 0. The molecule has 4 nitrogen and oxygen atoms in total. The lowest BCUT2D eigenvalue weighted by Gasteiger charge is -2.25. The molecule has 0 saturated carbocycles. The molecule has 1 aromatic heterocycles. The summed E-state index contributed by atoms with van der Waals surface area (Å²) in [5.74, 6) is 0.261. The van der Waals surface area contributed by atoms with Crippen molar-refractivity contribution in [2.24, 2.45) is 0 Å². The summed E-state index contributed by atoms with van der Waals surface area (Å²) in [6, 6.07) is 4.47. The highest BCUT2D eigenvalue weighted by molar-refractivity contribution is 7.14. The monoisotopic (exact) mass is 353 g/mol. The van der Waals surface area contributed by atoms with Gasteiger partial charge in [0.1, 0.15) is 0 Å². The van der Waals surface area contributed by atoms with Crippen LogP contribution in [0.25, 0.3) is 11.3 Å². The van der Waals surface area contributed by atoms with Gasteiger partial charge in [0.2, 0.25) is 5.91 Å². The Morgan fingerprint density at radius 2 is 1.76 bits per heavy atom. The van der Waals surface area contributed by atoms with Crippen LogP contribution in [0.4, 0.5) is 10.8 Å². The zero-order valence-electron chi connectivity index (χ0n) is 14.5. The van der Waals surface area contributed by atoms with Crippen molar-refractivity contribution in [3.63, 3.8) is 0 Å². The second-order valence-corrected chi connectivity index (χ2v) is 8.22. The Hall–Kier alpha value is -1.88. The van der Waals surface area contributed by atoms with Crippen LogP contribution in [0.2, 0.25) is 0 Å². The van der Waals surface area contributed by atoms with Crippen molar-refractivity contribution >= 4 is 28.1 Å². The van der Waals surface area contributed by atoms with E-state index in [9.17, 15) is 4.79 Å². The molecule has 0 aliphatic carbocycles. The predicted molar refractivity (Wildman–Crippen MR) is 103 cm³/mol. The number of hydrogen-bond acceptors (Lipinski definition) is 4. The highest BCUT2D eigenvalue weighted by Gasteiger charge is 2.32. The lowest BCUT2D eigenvalue weighted by Crippen LogP contribution is -2.31. The van der Waals surface area contributed by atoms with E-state index < -0.39 is 0 Å². The normalized spacial score (nSPS) is 19.9. The average molecular weight is 353 g/mol. The van der Waals surface area contributed by atoms with Gasteiger partial charge >= 0.3 is 0 Å². The molecular weight excluding hydrogens is 330 g/mol. The van der Waals surface area contributed by atoms with Crippen molar-refractivity contribution in [1.29, 1.82) is 0 Å². The van der Waals surface area contributed by atoms with Gasteiger partial charge < -0.3 is 9.80 Å². The number of carbonyl (C=O) groups excluding carboxylic acids is 1. The Bertz CT molecular complexity index is 820. The minimum atomic E-state index is 0.261. The number of hydrogen-bond donors (Lipinski definition) is 0. The molecule has 0 atom stereocenters. The molecule has 2 aromatic rings. The molecule has 1 fully saturated rings. The van der Waals surface area contributed by atoms with Gasteiger partial charge in [0.05, 0.1) is 17.8 Å². The Labute approximate surface area is 152 Å². The molecule has 130 valence electrons. The van der Waals surface area contributed by atoms with Crippen molar-refractivity contribution in [3.8, 4) is 11.3 Å². The highest BCUT2D eigenvalue weighted by atomic mass is 32.1. The molecule has 0 N–H and O–H groups in total. The smallest absolute Gasteiger partial charge is 0.231 e. The number of aromatic nitrogens is 1. The van der Waals surface area contributed by atoms with E-state index in [1.54, 1.807) is 11.3 Å². The summed E-state index contributed by atoms with van der Waals surface area (Å²) in [5, 5.41) is 3.34. The molecule has 5 rings (SSSR count). The molecule has 1 aromatic carbocycles. The number of amides is 1. The third-order valence-corrected chi connectivity index (χ3v) is 6.57. The van der Waals surface area contributed by atoms with Crippen LogP contribution in [-0.4, -0.2) is 30.5 Å². The quantitative estimate of drug-likeness (QED) is 0.818. The van der Waals surface area contributed by atoms with Crippen LogP contribution in [0.15, 0.2) is 17.5 Å². The molecule has 0 spiro atoms. The number of benzene rings is 1. The number of anilines is 2. The number of aryl methyl sites for hydroxylation is 1. The summed E-state index contributed by atoms with van der Waals surface area (Å²) in [4.78, 5) is 21.6. The fourth-order valence-electron chi connectivity index (χ4n) is 4.43. The van der Waals surface area contributed by atoms with E-state index in [1.807, 2.05) is 4.90 Å².